The largest absolute Gasteiger partial charge is 0.466 e. The molecule has 106 valence electrons. The number of alkyl halides is 1. The first-order valence-electron chi connectivity index (χ1n) is 6.94. The number of hydrogen-bond donors (Lipinski definition) is 0. The number of ether oxygens (including phenoxy) is 1. The van der Waals surface area contributed by atoms with Crippen LogP contribution in [0.5, 0.6) is 0 Å². The highest BCUT2D eigenvalue weighted by Crippen LogP contribution is 2.09. The average Bonchev–Trinajstić information content (AvgIpc) is 2.32. The van der Waals surface area contributed by atoms with Gasteiger partial charge in [-0.1, -0.05) is 32.1 Å². The zero-order valence-corrected chi connectivity index (χ0v) is 11.4. The highest BCUT2D eigenvalue weighted by atomic mass is 19.1. The lowest BCUT2D eigenvalue weighted by Gasteiger charge is -2.02. The van der Waals surface area contributed by atoms with Crippen molar-refractivity contribution in [3.05, 3.63) is 0 Å². The van der Waals surface area contributed by atoms with Crippen molar-refractivity contribution in [1.82, 2.24) is 0 Å². The quantitative estimate of drug-likeness (QED) is 0.306. The molecular weight excluding hydrogens is 235 g/mol. The number of unbranched alkanes of at least 4 members (excludes halogenated alkanes) is 6. The van der Waals surface area contributed by atoms with Crippen molar-refractivity contribution in [2.24, 2.45) is 0 Å². The molecule has 0 N–H and O–H groups in total. The molecule has 0 aliphatic carbocycles. The molecule has 0 radical (unpaired) electrons. The normalized spacial score (nSPS) is 10.3. The molecular formula is C14H25FO3. The second kappa shape index (κ2) is 12.5. The smallest absolute Gasteiger partial charge is 0.313 e. The second-order valence-electron chi connectivity index (χ2n) is 4.43. The van der Waals surface area contributed by atoms with Gasteiger partial charge in [0.25, 0.3) is 0 Å². The van der Waals surface area contributed by atoms with Gasteiger partial charge in [0.1, 0.15) is 12.2 Å². The standard InChI is InChI=1S/C14H25FO3/c1-2-18-14(17)12-13(16)10-8-6-4-3-5-7-9-11-15/h2-12H2,1H3. The van der Waals surface area contributed by atoms with E-state index in [1.807, 2.05) is 0 Å². The van der Waals surface area contributed by atoms with Crippen molar-refractivity contribution in [1.29, 1.82) is 0 Å². The summed E-state index contributed by atoms with van der Waals surface area (Å²) in [7, 11) is 0. The molecule has 0 heterocycles. The van der Waals surface area contributed by atoms with Crippen molar-refractivity contribution in [3.63, 3.8) is 0 Å². The molecule has 0 aromatic carbocycles. The van der Waals surface area contributed by atoms with Crippen LogP contribution < -0.4 is 0 Å². The molecule has 0 aromatic heterocycles. The maximum Gasteiger partial charge on any atom is 0.313 e. The Morgan fingerprint density at radius 2 is 1.50 bits per heavy atom. The maximum absolute atomic E-state index is 11.8. The van der Waals surface area contributed by atoms with E-state index >= 15 is 0 Å². The molecule has 0 atom stereocenters. The molecule has 0 saturated carbocycles. The third-order valence-corrected chi connectivity index (χ3v) is 2.74. The van der Waals surface area contributed by atoms with Crippen LogP contribution in [0.2, 0.25) is 0 Å². The Balaban J connectivity index is 3.27. The molecule has 0 aliphatic rings. The first-order chi connectivity index (χ1) is 8.70. The Kier molecular flexibility index (Phi) is 11.9. The van der Waals surface area contributed by atoms with E-state index in [1.165, 1.54) is 0 Å². The summed E-state index contributed by atoms with van der Waals surface area (Å²) >= 11 is 0. The highest BCUT2D eigenvalue weighted by Gasteiger charge is 2.09. The number of hydrogen-bond acceptors (Lipinski definition) is 3. The van der Waals surface area contributed by atoms with Gasteiger partial charge in [-0.3, -0.25) is 14.0 Å². The predicted molar refractivity (Wildman–Crippen MR) is 69.2 cm³/mol. The second-order valence-corrected chi connectivity index (χ2v) is 4.43. The summed E-state index contributed by atoms with van der Waals surface area (Å²) in [5.41, 5.74) is 0. The lowest BCUT2D eigenvalue weighted by Crippen LogP contribution is -2.10. The number of rotatable bonds is 12. The molecule has 0 saturated heterocycles. The zero-order chi connectivity index (χ0) is 13.6. The first-order valence-corrected chi connectivity index (χ1v) is 6.94. The lowest BCUT2D eigenvalue weighted by atomic mass is 10.1. The fourth-order valence-corrected chi connectivity index (χ4v) is 1.76. The van der Waals surface area contributed by atoms with Crippen LogP contribution in [0.3, 0.4) is 0 Å². The summed E-state index contributed by atoms with van der Waals surface area (Å²) in [5.74, 6) is -0.459. The van der Waals surface area contributed by atoms with Crippen molar-refractivity contribution in [3.8, 4) is 0 Å². The van der Waals surface area contributed by atoms with E-state index in [2.05, 4.69) is 0 Å². The van der Waals surface area contributed by atoms with E-state index in [0.717, 1.165) is 38.5 Å². The van der Waals surface area contributed by atoms with E-state index in [4.69, 9.17) is 4.74 Å². The van der Waals surface area contributed by atoms with Gasteiger partial charge in [0.2, 0.25) is 0 Å². The lowest BCUT2D eigenvalue weighted by molar-refractivity contribution is -0.145. The van der Waals surface area contributed by atoms with Crippen LogP contribution in [0.25, 0.3) is 0 Å². The summed E-state index contributed by atoms with van der Waals surface area (Å²) < 4.78 is 16.5. The molecule has 18 heavy (non-hydrogen) atoms. The molecule has 0 rings (SSSR count). The van der Waals surface area contributed by atoms with E-state index in [0.29, 0.717) is 19.4 Å². The Hall–Kier alpha value is -0.930. The van der Waals surface area contributed by atoms with E-state index in [-0.39, 0.29) is 18.9 Å². The summed E-state index contributed by atoms with van der Waals surface area (Å²) in [5, 5.41) is 0. The van der Waals surface area contributed by atoms with Crippen LogP contribution >= 0.6 is 0 Å². The fraction of sp³-hybridized carbons (Fsp3) is 0.857. The van der Waals surface area contributed by atoms with Crippen molar-refractivity contribution < 1.29 is 18.7 Å². The SMILES string of the molecule is CCOC(=O)CC(=O)CCCCCCCCCF. The van der Waals surface area contributed by atoms with Gasteiger partial charge in [0, 0.05) is 6.42 Å². The number of halogens is 1. The van der Waals surface area contributed by atoms with Crippen LogP contribution in [0.1, 0.15) is 64.7 Å². The van der Waals surface area contributed by atoms with Gasteiger partial charge < -0.3 is 4.74 Å². The number of carbonyl (C=O) groups is 2. The topological polar surface area (TPSA) is 43.4 Å². The van der Waals surface area contributed by atoms with Crippen molar-refractivity contribution in [2.45, 2.75) is 64.7 Å². The Morgan fingerprint density at radius 3 is 2.06 bits per heavy atom. The number of Topliss-reactive ketones (excluding diaryl/α,β-unsaturated/α-hetero) is 1. The summed E-state index contributed by atoms with van der Waals surface area (Å²) in [4.78, 5) is 22.4. The van der Waals surface area contributed by atoms with Crippen LogP contribution in [0.4, 0.5) is 4.39 Å². The molecule has 3 nitrogen and oxygen atoms in total. The highest BCUT2D eigenvalue weighted by molar-refractivity contribution is 5.95. The third kappa shape index (κ3) is 11.6. The number of carbonyl (C=O) groups excluding carboxylic acids is 2. The predicted octanol–water partition coefficient (Wildman–Crippen LogP) is 3.60. The van der Waals surface area contributed by atoms with Crippen molar-refractivity contribution in [2.75, 3.05) is 13.3 Å². The van der Waals surface area contributed by atoms with Gasteiger partial charge in [0.15, 0.2) is 0 Å². The maximum atomic E-state index is 11.8. The van der Waals surface area contributed by atoms with Crippen LogP contribution in [-0.2, 0) is 14.3 Å². The van der Waals surface area contributed by atoms with E-state index in [1.54, 1.807) is 6.92 Å². The molecule has 4 heteroatoms. The molecule has 0 fully saturated rings. The average molecular weight is 260 g/mol. The minimum absolute atomic E-state index is 0.0362. The number of ketones is 1. The van der Waals surface area contributed by atoms with Crippen molar-refractivity contribution >= 4 is 11.8 Å². The van der Waals surface area contributed by atoms with E-state index in [9.17, 15) is 14.0 Å². The summed E-state index contributed by atoms with van der Waals surface area (Å²) in [6, 6.07) is 0. The van der Waals surface area contributed by atoms with Gasteiger partial charge in [-0.2, -0.15) is 0 Å². The summed E-state index contributed by atoms with van der Waals surface area (Å²) in [6.07, 6.45) is 7.08. The van der Waals surface area contributed by atoms with Gasteiger partial charge in [-0.25, -0.2) is 0 Å². The monoisotopic (exact) mass is 260 g/mol. The minimum atomic E-state index is -0.422. The van der Waals surface area contributed by atoms with E-state index < -0.39 is 5.97 Å². The Labute approximate surface area is 109 Å². The summed E-state index contributed by atoms with van der Waals surface area (Å²) in [6.45, 7) is 1.83. The fourth-order valence-electron chi connectivity index (χ4n) is 1.76. The van der Waals surface area contributed by atoms with Crippen LogP contribution in [-0.4, -0.2) is 25.0 Å². The zero-order valence-electron chi connectivity index (χ0n) is 11.4. The Bertz CT molecular complexity index is 229. The molecule has 0 bridgehead atoms. The number of esters is 1. The molecule has 0 amide bonds. The van der Waals surface area contributed by atoms with Gasteiger partial charge in [-0.05, 0) is 19.8 Å². The van der Waals surface area contributed by atoms with Crippen LogP contribution in [0, 0.1) is 0 Å². The molecule has 0 aliphatic heterocycles. The minimum Gasteiger partial charge on any atom is -0.466 e. The molecule has 0 unspecified atom stereocenters. The van der Waals surface area contributed by atoms with Gasteiger partial charge in [0.05, 0.1) is 13.3 Å². The van der Waals surface area contributed by atoms with Gasteiger partial charge >= 0.3 is 5.97 Å². The Morgan fingerprint density at radius 1 is 0.944 bits per heavy atom. The third-order valence-electron chi connectivity index (χ3n) is 2.74. The molecule has 0 aromatic rings. The van der Waals surface area contributed by atoms with Gasteiger partial charge in [-0.15, -0.1) is 0 Å². The molecule has 0 spiro atoms. The first kappa shape index (κ1) is 17.1. The van der Waals surface area contributed by atoms with Crippen LogP contribution in [0.15, 0.2) is 0 Å².